The summed E-state index contributed by atoms with van der Waals surface area (Å²) < 4.78 is 18.1. The van der Waals surface area contributed by atoms with E-state index in [1.165, 1.54) is 12.1 Å². The summed E-state index contributed by atoms with van der Waals surface area (Å²) in [6, 6.07) is 6.35. The predicted octanol–water partition coefficient (Wildman–Crippen LogP) is 1.46. The van der Waals surface area contributed by atoms with E-state index in [1.54, 1.807) is 18.3 Å². The zero-order chi connectivity index (χ0) is 14.5. The van der Waals surface area contributed by atoms with E-state index in [1.807, 2.05) is 4.90 Å². The zero-order valence-corrected chi connectivity index (χ0v) is 11.5. The molecule has 0 saturated carbocycles. The lowest BCUT2D eigenvalue weighted by molar-refractivity contribution is 0.122. The molecule has 1 aromatic heterocycles. The lowest BCUT2D eigenvalue weighted by atomic mass is 10.2. The van der Waals surface area contributed by atoms with E-state index in [0.29, 0.717) is 31.5 Å². The van der Waals surface area contributed by atoms with Crippen molar-refractivity contribution in [3.63, 3.8) is 0 Å². The Morgan fingerprint density at radius 3 is 2.71 bits per heavy atom. The third kappa shape index (κ3) is 3.63. The number of morpholine rings is 1. The molecule has 110 valence electrons. The van der Waals surface area contributed by atoms with Gasteiger partial charge in [0.2, 0.25) is 5.95 Å². The molecule has 0 radical (unpaired) electrons. The van der Waals surface area contributed by atoms with Crippen molar-refractivity contribution >= 4 is 11.8 Å². The molecule has 2 aromatic rings. The first-order valence-electron chi connectivity index (χ1n) is 6.82. The van der Waals surface area contributed by atoms with E-state index in [4.69, 9.17) is 4.74 Å². The third-order valence-electron chi connectivity index (χ3n) is 3.23. The number of ether oxygens (including phenoxy) is 1. The molecule has 2 heterocycles. The molecule has 0 spiro atoms. The van der Waals surface area contributed by atoms with E-state index in [0.717, 1.165) is 18.7 Å². The number of nitrogens with zero attached hydrogens (tertiary/aromatic N) is 4. The van der Waals surface area contributed by atoms with E-state index in [9.17, 15) is 4.39 Å². The molecular formula is C14H16FN5O. The number of anilines is 2. The second-order valence-corrected chi connectivity index (χ2v) is 4.72. The largest absolute Gasteiger partial charge is 0.378 e. The van der Waals surface area contributed by atoms with E-state index in [2.05, 4.69) is 20.5 Å². The van der Waals surface area contributed by atoms with Gasteiger partial charge in [-0.2, -0.15) is 10.1 Å². The molecule has 1 saturated heterocycles. The van der Waals surface area contributed by atoms with Gasteiger partial charge < -0.3 is 15.0 Å². The molecule has 1 aliphatic heterocycles. The fourth-order valence-corrected chi connectivity index (χ4v) is 2.07. The van der Waals surface area contributed by atoms with Crippen LogP contribution in [0.5, 0.6) is 0 Å². The Labute approximate surface area is 122 Å². The SMILES string of the molecule is Fc1ccc(CNc2cnnc(N3CCOCC3)n2)cc1. The highest BCUT2D eigenvalue weighted by Crippen LogP contribution is 2.12. The molecule has 1 N–H and O–H groups in total. The third-order valence-corrected chi connectivity index (χ3v) is 3.23. The average Bonchev–Trinajstić information content (AvgIpc) is 2.55. The molecular weight excluding hydrogens is 273 g/mol. The van der Waals surface area contributed by atoms with Crippen LogP contribution in [0.4, 0.5) is 16.2 Å². The highest BCUT2D eigenvalue weighted by Gasteiger charge is 2.14. The van der Waals surface area contributed by atoms with E-state index in [-0.39, 0.29) is 5.82 Å². The molecule has 0 amide bonds. The Morgan fingerprint density at radius 2 is 1.95 bits per heavy atom. The molecule has 1 aromatic carbocycles. The van der Waals surface area contributed by atoms with Gasteiger partial charge in [-0.25, -0.2) is 4.39 Å². The van der Waals surface area contributed by atoms with Crippen LogP contribution in [0.15, 0.2) is 30.5 Å². The van der Waals surface area contributed by atoms with Crippen molar-refractivity contribution < 1.29 is 9.13 Å². The molecule has 6 nitrogen and oxygen atoms in total. The quantitative estimate of drug-likeness (QED) is 0.919. The highest BCUT2D eigenvalue weighted by atomic mass is 19.1. The van der Waals surface area contributed by atoms with Crippen LogP contribution in [0.2, 0.25) is 0 Å². The summed E-state index contributed by atoms with van der Waals surface area (Å²) in [6.45, 7) is 3.45. The van der Waals surface area contributed by atoms with Gasteiger partial charge in [0.1, 0.15) is 5.82 Å². The van der Waals surface area contributed by atoms with Crippen LogP contribution in [0.1, 0.15) is 5.56 Å². The Kier molecular flexibility index (Phi) is 4.20. The molecule has 3 rings (SSSR count). The number of nitrogens with one attached hydrogen (secondary N) is 1. The number of hydrogen-bond acceptors (Lipinski definition) is 6. The lowest BCUT2D eigenvalue weighted by Crippen LogP contribution is -2.37. The van der Waals surface area contributed by atoms with Crippen LogP contribution in [0.3, 0.4) is 0 Å². The van der Waals surface area contributed by atoms with E-state index >= 15 is 0 Å². The number of hydrogen-bond donors (Lipinski definition) is 1. The van der Waals surface area contributed by atoms with Crippen molar-refractivity contribution in [2.75, 3.05) is 36.5 Å². The monoisotopic (exact) mass is 289 g/mol. The molecule has 1 fully saturated rings. The summed E-state index contributed by atoms with van der Waals surface area (Å²) >= 11 is 0. The van der Waals surface area contributed by atoms with Crippen LogP contribution >= 0.6 is 0 Å². The van der Waals surface area contributed by atoms with Gasteiger partial charge >= 0.3 is 0 Å². The normalized spacial score (nSPS) is 15.0. The summed E-state index contributed by atoms with van der Waals surface area (Å²) in [5.74, 6) is 1.01. The summed E-state index contributed by atoms with van der Waals surface area (Å²) in [5.41, 5.74) is 0.975. The summed E-state index contributed by atoms with van der Waals surface area (Å²) in [4.78, 5) is 6.48. The first kappa shape index (κ1) is 13.7. The van der Waals surface area contributed by atoms with Crippen molar-refractivity contribution in [2.45, 2.75) is 6.54 Å². The Morgan fingerprint density at radius 1 is 1.19 bits per heavy atom. The van der Waals surface area contributed by atoms with Crippen molar-refractivity contribution in [1.29, 1.82) is 0 Å². The van der Waals surface area contributed by atoms with Gasteiger partial charge in [-0.3, -0.25) is 0 Å². The van der Waals surface area contributed by atoms with Crippen LogP contribution in [0.25, 0.3) is 0 Å². The fourth-order valence-electron chi connectivity index (χ4n) is 2.07. The molecule has 0 aliphatic carbocycles. The number of rotatable bonds is 4. The number of aromatic nitrogens is 3. The minimum Gasteiger partial charge on any atom is -0.378 e. The van der Waals surface area contributed by atoms with Gasteiger partial charge in [-0.15, -0.1) is 5.10 Å². The minimum atomic E-state index is -0.239. The van der Waals surface area contributed by atoms with Gasteiger partial charge in [-0.1, -0.05) is 12.1 Å². The highest BCUT2D eigenvalue weighted by molar-refractivity contribution is 5.39. The molecule has 21 heavy (non-hydrogen) atoms. The topological polar surface area (TPSA) is 63.2 Å². The van der Waals surface area contributed by atoms with Crippen molar-refractivity contribution in [1.82, 2.24) is 15.2 Å². The Bertz CT molecular complexity index is 586. The second-order valence-electron chi connectivity index (χ2n) is 4.72. The van der Waals surface area contributed by atoms with E-state index < -0.39 is 0 Å². The first-order chi connectivity index (χ1) is 10.3. The molecule has 1 aliphatic rings. The molecule has 7 heteroatoms. The fraction of sp³-hybridized carbons (Fsp3) is 0.357. The smallest absolute Gasteiger partial charge is 0.247 e. The second kappa shape index (κ2) is 6.45. The molecule has 0 atom stereocenters. The lowest BCUT2D eigenvalue weighted by Gasteiger charge is -2.26. The Balaban J connectivity index is 1.64. The van der Waals surface area contributed by atoms with Gasteiger partial charge in [0.05, 0.1) is 19.4 Å². The predicted molar refractivity (Wildman–Crippen MR) is 76.6 cm³/mol. The maximum atomic E-state index is 12.8. The van der Waals surface area contributed by atoms with Crippen molar-refractivity contribution in [3.05, 3.63) is 41.8 Å². The summed E-state index contributed by atoms with van der Waals surface area (Å²) in [6.07, 6.45) is 1.58. The number of halogens is 1. The summed E-state index contributed by atoms with van der Waals surface area (Å²) in [5, 5.41) is 11.2. The van der Waals surface area contributed by atoms with Gasteiger partial charge in [0, 0.05) is 19.6 Å². The van der Waals surface area contributed by atoms with Crippen LogP contribution < -0.4 is 10.2 Å². The van der Waals surface area contributed by atoms with Crippen molar-refractivity contribution in [2.24, 2.45) is 0 Å². The summed E-state index contributed by atoms with van der Waals surface area (Å²) in [7, 11) is 0. The number of benzene rings is 1. The molecule has 0 unspecified atom stereocenters. The maximum Gasteiger partial charge on any atom is 0.247 e. The standard InChI is InChI=1S/C14H16FN5O/c15-12-3-1-11(2-4-12)9-16-13-10-17-19-14(18-13)20-5-7-21-8-6-20/h1-4,10H,5-9H2,(H,16,18,19). The Hall–Kier alpha value is -2.28. The van der Waals surface area contributed by atoms with Gasteiger partial charge in [0.25, 0.3) is 0 Å². The average molecular weight is 289 g/mol. The van der Waals surface area contributed by atoms with Crippen LogP contribution in [-0.2, 0) is 11.3 Å². The molecule has 0 bridgehead atoms. The van der Waals surface area contributed by atoms with Gasteiger partial charge in [-0.05, 0) is 17.7 Å². The van der Waals surface area contributed by atoms with Crippen LogP contribution in [0, 0.1) is 5.82 Å². The van der Waals surface area contributed by atoms with Crippen LogP contribution in [-0.4, -0.2) is 41.5 Å². The maximum absolute atomic E-state index is 12.8. The van der Waals surface area contributed by atoms with Gasteiger partial charge in [0.15, 0.2) is 5.82 Å². The minimum absolute atomic E-state index is 0.239. The first-order valence-corrected chi connectivity index (χ1v) is 6.82. The van der Waals surface area contributed by atoms with Crippen molar-refractivity contribution in [3.8, 4) is 0 Å². The zero-order valence-electron chi connectivity index (χ0n) is 11.5.